The van der Waals surface area contributed by atoms with Crippen LogP contribution in [0.25, 0.3) is 10.9 Å². The third kappa shape index (κ3) is 3.86. The molecule has 2 aromatic rings. The summed E-state index contributed by atoms with van der Waals surface area (Å²) < 4.78 is 5.84. The Bertz CT molecular complexity index is 833. The largest absolute Gasteiger partial charge is 0.492 e. The first kappa shape index (κ1) is 17.7. The zero-order valence-electron chi connectivity index (χ0n) is 15.3. The van der Waals surface area contributed by atoms with E-state index in [4.69, 9.17) is 4.74 Å². The van der Waals surface area contributed by atoms with Crippen molar-refractivity contribution in [2.75, 3.05) is 32.8 Å². The van der Waals surface area contributed by atoms with Crippen molar-refractivity contribution in [1.29, 1.82) is 0 Å². The summed E-state index contributed by atoms with van der Waals surface area (Å²) in [6, 6.07) is 5.90. The summed E-state index contributed by atoms with van der Waals surface area (Å²) in [4.78, 5) is 35.2. The summed E-state index contributed by atoms with van der Waals surface area (Å²) in [5, 5.41) is 1.05. The van der Waals surface area contributed by atoms with E-state index >= 15 is 0 Å². The highest BCUT2D eigenvalue weighted by molar-refractivity contribution is 5.82. The van der Waals surface area contributed by atoms with Crippen LogP contribution in [0.2, 0.25) is 0 Å². The third-order valence-electron chi connectivity index (χ3n) is 5.51. The number of aromatic nitrogens is 2. The van der Waals surface area contributed by atoms with E-state index in [1.165, 1.54) is 0 Å². The Kier molecular flexibility index (Phi) is 5.18. The maximum absolute atomic E-state index is 11.6. The maximum Gasteiger partial charge on any atom is 0.222 e. The van der Waals surface area contributed by atoms with Gasteiger partial charge in [-0.1, -0.05) is 0 Å². The molecule has 0 radical (unpaired) electrons. The molecular formula is C20H24N4O3. The Labute approximate surface area is 158 Å². The second kappa shape index (κ2) is 7.90. The standard InChI is InChI=1S/C20H24N4O3/c25-14-23-8-5-15(6-9-23)20-17-4-3-16(12-18(17)21-13-22-20)27-11-10-24-7-1-2-19(24)26/h3-4,12-15H,1-2,5-11H2. The van der Waals surface area contributed by atoms with Crippen LogP contribution in [-0.2, 0) is 9.59 Å². The molecule has 7 heteroatoms. The number of likely N-dealkylation sites (tertiary alicyclic amines) is 2. The SMILES string of the molecule is O=CN1CCC(c2ncnc3cc(OCCN4CCCC4=O)ccc23)CC1. The first-order valence-electron chi connectivity index (χ1n) is 9.59. The summed E-state index contributed by atoms with van der Waals surface area (Å²) in [7, 11) is 0. The van der Waals surface area contributed by atoms with E-state index in [2.05, 4.69) is 9.97 Å². The second-order valence-electron chi connectivity index (χ2n) is 7.19. The molecule has 1 aromatic carbocycles. The second-order valence-corrected chi connectivity index (χ2v) is 7.19. The molecule has 3 heterocycles. The van der Waals surface area contributed by atoms with Gasteiger partial charge in [0.1, 0.15) is 18.7 Å². The van der Waals surface area contributed by atoms with E-state index in [0.29, 0.717) is 25.5 Å². The van der Waals surface area contributed by atoms with Gasteiger partial charge in [0, 0.05) is 43.4 Å². The number of fused-ring (bicyclic) bond motifs is 1. The van der Waals surface area contributed by atoms with Gasteiger partial charge in [-0.2, -0.15) is 0 Å². The molecule has 0 saturated carbocycles. The van der Waals surface area contributed by atoms with Gasteiger partial charge in [-0.3, -0.25) is 9.59 Å². The molecule has 2 aliphatic heterocycles. The summed E-state index contributed by atoms with van der Waals surface area (Å²) in [6.45, 7) is 3.49. The van der Waals surface area contributed by atoms with Crippen LogP contribution in [-0.4, -0.2) is 64.9 Å². The van der Waals surface area contributed by atoms with Crippen molar-refractivity contribution in [2.24, 2.45) is 0 Å². The number of carbonyl (C=O) groups excluding carboxylic acids is 2. The smallest absolute Gasteiger partial charge is 0.222 e. The number of piperidine rings is 1. The van der Waals surface area contributed by atoms with Crippen LogP contribution in [0.1, 0.15) is 37.3 Å². The van der Waals surface area contributed by atoms with Crippen molar-refractivity contribution in [3.05, 3.63) is 30.2 Å². The van der Waals surface area contributed by atoms with Crippen molar-refractivity contribution >= 4 is 23.2 Å². The summed E-state index contributed by atoms with van der Waals surface area (Å²) in [6.07, 6.45) is 5.98. The van der Waals surface area contributed by atoms with Crippen molar-refractivity contribution in [3.8, 4) is 5.75 Å². The molecule has 2 amide bonds. The van der Waals surface area contributed by atoms with Gasteiger partial charge in [0.2, 0.25) is 12.3 Å². The van der Waals surface area contributed by atoms with Gasteiger partial charge in [-0.15, -0.1) is 0 Å². The Morgan fingerprint density at radius 2 is 2.04 bits per heavy atom. The van der Waals surface area contributed by atoms with Crippen molar-refractivity contribution in [1.82, 2.24) is 19.8 Å². The molecule has 4 rings (SSSR count). The van der Waals surface area contributed by atoms with Crippen LogP contribution in [0, 0.1) is 0 Å². The minimum absolute atomic E-state index is 0.218. The average Bonchev–Trinajstić information content (AvgIpc) is 3.12. The van der Waals surface area contributed by atoms with E-state index in [1.807, 2.05) is 28.0 Å². The van der Waals surface area contributed by atoms with Crippen LogP contribution >= 0.6 is 0 Å². The van der Waals surface area contributed by atoms with Crippen LogP contribution in [0.5, 0.6) is 5.75 Å². The Morgan fingerprint density at radius 1 is 1.19 bits per heavy atom. The first-order valence-corrected chi connectivity index (χ1v) is 9.59. The van der Waals surface area contributed by atoms with Crippen LogP contribution in [0.15, 0.2) is 24.5 Å². The zero-order chi connectivity index (χ0) is 18.6. The molecule has 2 fully saturated rings. The molecule has 0 aliphatic carbocycles. The Balaban J connectivity index is 1.44. The lowest BCUT2D eigenvalue weighted by atomic mass is 9.91. The Hall–Kier alpha value is -2.70. The Morgan fingerprint density at radius 3 is 2.78 bits per heavy atom. The van der Waals surface area contributed by atoms with Crippen molar-refractivity contribution < 1.29 is 14.3 Å². The summed E-state index contributed by atoms with van der Waals surface area (Å²) in [5.74, 6) is 1.32. The number of benzene rings is 1. The normalized spacial score (nSPS) is 18.3. The fourth-order valence-corrected chi connectivity index (χ4v) is 3.97. The first-order chi connectivity index (χ1) is 13.2. The van der Waals surface area contributed by atoms with Crippen LogP contribution in [0.3, 0.4) is 0 Å². The minimum atomic E-state index is 0.218. The molecule has 7 nitrogen and oxygen atoms in total. The highest BCUT2D eigenvalue weighted by Crippen LogP contribution is 2.31. The maximum atomic E-state index is 11.6. The van der Waals surface area contributed by atoms with Crippen LogP contribution < -0.4 is 4.74 Å². The monoisotopic (exact) mass is 368 g/mol. The molecule has 142 valence electrons. The number of carbonyl (C=O) groups is 2. The molecule has 2 saturated heterocycles. The molecule has 0 unspecified atom stereocenters. The van der Waals surface area contributed by atoms with Gasteiger partial charge >= 0.3 is 0 Å². The molecular weight excluding hydrogens is 344 g/mol. The minimum Gasteiger partial charge on any atom is -0.492 e. The number of ether oxygens (including phenoxy) is 1. The van der Waals surface area contributed by atoms with Crippen molar-refractivity contribution in [3.63, 3.8) is 0 Å². The van der Waals surface area contributed by atoms with Crippen molar-refractivity contribution in [2.45, 2.75) is 31.6 Å². The van der Waals surface area contributed by atoms with Gasteiger partial charge in [-0.25, -0.2) is 9.97 Å². The zero-order valence-corrected chi connectivity index (χ0v) is 15.3. The lowest BCUT2D eigenvalue weighted by molar-refractivity contribution is -0.128. The molecule has 0 N–H and O–H groups in total. The predicted octanol–water partition coefficient (Wildman–Crippen LogP) is 1.97. The molecule has 0 spiro atoms. The fourth-order valence-electron chi connectivity index (χ4n) is 3.97. The number of amides is 2. The average molecular weight is 368 g/mol. The number of hydrogen-bond donors (Lipinski definition) is 0. The quantitative estimate of drug-likeness (QED) is 0.729. The third-order valence-corrected chi connectivity index (χ3v) is 5.51. The van der Waals surface area contributed by atoms with E-state index in [-0.39, 0.29) is 5.91 Å². The number of nitrogens with zero attached hydrogens (tertiary/aromatic N) is 4. The molecule has 2 aliphatic rings. The number of rotatable bonds is 6. The van der Waals surface area contributed by atoms with Crippen LogP contribution in [0.4, 0.5) is 0 Å². The molecule has 1 aromatic heterocycles. The molecule has 0 bridgehead atoms. The fraction of sp³-hybridized carbons (Fsp3) is 0.500. The highest BCUT2D eigenvalue weighted by atomic mass is 16.5. The predicted molar refractivity (Wildman–Crippen MR) is 100 cm³/mol. The summed E-state index contributed by atoms with van der Waals surface area (Å²) >= 11 is 0. The van der Waals surface area contributed by atoms with Gasteiger partial charge in [0.05, 0.1) is 17.8 Å². The molecule has 27 heavy (non-hydrogen) atoms. The highest BCUT2D eigenvalue weighted by Gasteiger charge is 2.23. The number of hydrogen-bond acceptors (Lipinski definition) is 5. The van der Waals surface area contributed by atoms with E-state index < -0.39 is 0 Å². The van der Waals surface area contributed by atoms with E-state index in [1.54, 1.807) is 6.33 Å². The lowest BCUT2D eigenvalue weighted by Crippen LogP contribution is -2.32. The van der Waals surface area contributed by atoms with Gasteiger partial charge in [0.15, 0.2) is 0 Å². The van der Waals surface area contributed by atoms with E-state index in [9.17, 15) is 9.59 Å². The lowest BCUT2D eigenvalue weighted by Gasteiger charge is -2.29. The van der Waals surface area contributed by atoms with Gasteiger partial charge in [0.25, 0.3) is 0 Å². The topological polar surface area (TPSA) is 75.6 Å². The molecule has 0 atom stereocenters. The van der Waals surface area contributed by atoms with Gasteiger partial charge < -0.3 is 14.5 Å². The van der Waals surface area contributed by atoms with Gasteiger partial charge in [-0.05, 0) is 31.4 Å². The summed E-state index contributed by atoms with van der Waals surface area (Å²) in [5.41, 5.74) is 1.92. The van der Waals surface area contributed by atoms with E-state index in [0.717, 1.165) is 67.7 Å².